The molecule has 1 aliphatic rings. The molecule has 0 heterocycles. The number of carbonyl (C=O) groups is 2. The van der Waals surface area contributed by atoms with E-state index < -0.39 is 17.4 Å². The Morgan fingerprint density at radius 3 is 2.55 bits per heavy atom. The fourth-order valence-corrected chi connectivity index (χ4v) is 2.09. The van der Waals surface area contributed by atoms with E-state index in [0.717, 1.165) is 25.0 Å². The number of hydrogen-bond acceptors (Lipinski definition) is 3. The molecular weight excluding hydrogens is 314 g/mol. The minimum Gasteiger partial charge on any atom is -0.355 e. The molecule has 1 unspecified atom stereocenters. The van der Waals surface area contributed by atoms with Crippen LogP contribution in [0, 0.1) is 17.6 Å². The van der Waals surface area contributed by atoms with Gasteiger partial charge in [0.25, 0.3) is 0 Å². The monoisotopic (exact) mass is 332 g/mol. The summed E-state index contributed by atoms with van der Waals surface area (Å²) in [5.41, 5.74) is 5.65. The molecule has 4 nitrogen and oxygen atoms in total. The first kappa shape index (κ1) is 18.5. The van der Waals surface area contributed by atoms with E-state index in [1.54, 1.807) is 0 Å². The van der Waals surface area contributed by atoms with Crippen molar-refractivity contribution < 1.29 is 18.4 Å². The molecule has 2 rings (SSSR count). The average Bonchev–Trinajstić information content (AvgIpc) is 3.26. The van der Waals surface area contributed by atoms with E-state index in [1.165, 1.54) is 0 Å². The zero-order valence-electron chi connectivity index (χ0n) is 12.0. The van der Waals surface area contributed by atoms with Gasteiger partial charge in [-0.1, -0.05) is 0 Å². The Morgan fingerprint density at radius 1 is 1.27 bits per heavy atom. The summed E-state index contributed by atoms with van der Waals surface area (Å²) in [5, 5.41) is 2.66. The molecule has 1 saturated carbocycles. The van der Waals surface area contributed by atoms with Crippen LogP contribution < -0.4 is 11.1 Å². The smallest absolute Gasteiger partial charge is 0.220 e. The molecule has 1 atom stereocenters. The number of carbonyl (C=O) groups excluding carboxylic acids is 2. The molecule has 0 bridgehead atoms. The van der Waals surface area contributed by atoms with Gasteiger partial charge in [0.2, 0.25) is 5.91 Å². The minimum atomic E-state index is -0.906. The molecule has 0 aromatic heterocycles. The normalized spacial score (nSPS) is 14.9. The first-order chi connectivity index (χ1) is 9.97. The number of amides is 1. The second-order valence-electron chi connectivity index (χ2n) is 5.35. The van der Waals surface area contributed by atoms with E-state index in [0.29, 0.717) is 18.5 Å². The Hall–Kier alpha value is -1.53. The fraction of sp³-hybridized carbons (Fsp3) is 0.467. The van der Waals surface area contributed by atoms with Crippen LogP contribution in [0.4, 0.5) is 8.78 Å². The minimum absolute atomic E-state index is 0. The third-order valence-electron chi connectivity index (χ3n) is 3.57. The van der Waals surface area contributed by atoms with Gasteiger partial charge in [-0.3, -0.25) is 9.59 Å². The molecule has 0 spiro atoms. The molecule has 0 radical (unpaired) electrons. The maximum Gasteiger partial charge on any atom is 0.220 e. The van der Waals surface area contributed by atoms with Crippen LogP contribution in [0.15, 0.2) is 18.2 Å². The lowest BCUT2D eigenvalue weighted by molar-refractivity contribution is -0.121. The van der Waals surface area contributed by atoms with Crippen molar-refractivity contribution in [1.29, 1.82) is 0 Å². The maximum absolute atomic E-state index is 13.4. The lowest BCUT2D eigenvalue weighted by Gasteiger charge is -2.11. The van der Waals surface area contributed by atoms with Gasteiger partial charge >= 0.3 is 0 Å². The van der Waals surface area contributed by atoms with Crippen LogP contribution in [0.25, 0.3) is 0 Å². The van der Waals surface area contributed by atoms with Crippen molar-refractivity contribution >= 4 is 24.1 Å². The van der Waals surface area contributed by atoms with Crippen molar-refractivity contribution in [3.8, 4) is 0 Å². The summed E-state index contributed by atoms with van der Waals surface area (Å²) in [6.45, 7) is 0.391. The molecule has 1 aromatic carbocycles. The van der Waals surface area contributed by atoms with Gasteiger partial charge in [0.1, 0.15) is 11.6 Å². The number of benzene rings is 1. The van der Waals surface area contributed by atoms with E-state index in [9.17, 15) is 18.4 Å². The van der Waals surface area contributed by atoms with Gasteiger partial charge in [-0.15, -0.1) is 12.4 Å². The SMILES string of the molecule is Cl.NC(CNC(=O)CCC(=O)c1ccc(F)cc1F)C1CC1. The number of ketones is 1. The summed E-state index contributed by atoms with van der Waals surface area (Å²) in [6, 6.07) is 2.72. The Kier molecular flexibility index (Phi) is 6.90. The quantitative estimate of drug-likeness (QED) is 0.752. The predicted molar refractivity (Wildman–Crippen MR) is 80.9 cm³/mol. The molecule has 1 amide bonds. The van der Waals surface area contributed by atoms with E-state index in [2.05, 4.69) is 5.32 Å². The third-order valence-corrected chi connectivity index (χ3v) is 3.57. The number of nitrogens with two attached hydrogens (primary N) is 1. The number of nitrogens with one attached hydrogen (secondary N) is 1. The van der Waals surface area contributed by atoms with Crippen LogP contribution in [0.2, 0.25) is 0 Å². The number of Topliss-reactive ketones (excluding diaryl/α,β-unsaturated/α-hetero) is 1. The Morgan fingerprint density at radius 2 is 1.95 bits per heavy atom. The summed E-state index contributed by atoms with van der Waals surface area (Å²) in [7, 11) is 0. The second kappa shape index (κ2) is 8.19. The van der Waals surface area contributed by atoms with Crippen LogP contribution in [-0.2, 0) is 4.79 Å². The van der Waals surface area contributed by atoms with Crippen LogP contribution in [0.3, 0.4) is 0 Å². The van der Waals surface area contributed by atoms with E-state index in [-0.39, 0.29) is 42.8 Å². The molecule has 3 N–H and O–H groups in total. The van der Waals surface area contributed by atoms with Crippen molar-refractivity contribution in [2.45, 2.75) is 31.7 Å². The molecule has 1 fully saturated rings. The molecule has 122 valence electrons. The molecule has 22 heavy (non-hydrogen) atoms. The lowest BCUT2D eigenvalue weighted by Crippen LogP contribution is -2.38. The molecule has 1 aliphatic carbocycles. The second-order valence-corrected chi connectivity index (χ2v) is 5.35. The van der Waals surface area contributed by atoms with Crippen molar-refractivity contribution in [2.75, 3.05) is 6.54 Å². The molecule has 7 heteroatoms. The first-order valence-corrected chi connectivity index (χ1v) is 6.98. The van der Waals surface area contributed by atoms with Crippen LogP contribution in [-0.4, -0.2) is 24.3 Å². The summed E-state index contributed by atoms with van der Waals surface area (Å²) < 4.78 is 26.1. The molecule has 0 aliphatic heterocycles. The van der Waals surface area contributed by atoms with Gasteiger partial charge in [0, 0.05) is 31.5 Å². The zero-order valence-corrected chi connectivity index (χ0v) is 12.8. The predicted octanol–water partition coefficient (Wildman–Crippen LogP) is 2.20. The molecular formula is C15H19ClF2N2O2. The first-order valence-electron chi connectivity index (χ1n) is 6.98. The zero-order chi connectivity index (χ0) is 15.4. The summed E-state index contributed by atoms with van der Waals surface area (Å²) in [4.78, 5) is 23.4. The van der Waals surface area contributed by atoms with Crippen LogP contribution in [0.5, 0.6) is 0 Å². The highest BCUT2D eigenvalue weighted by Crippen LogP contribution is 2.31. The Bertz CT molecular complexity index is 550. The highest BCUT2D eigenvalue weighted by atomic mass is 35.5. The third kappa shape index (κ3) is 5.35. The van der Waals surface area contributed by atoms with Gasteiger partial charge in [0.05, 0.1) is 5.56 Å². The Balaban J connectivity index is 0.00000242. The van der Waals surface area contributed by atoms with E-state index in [1.807, 2.05) is 0 Å². The standard InChI is InChI=1S/C15H18F2N2O2.ClH/c16-10-3-4-11(12(17)7-10)14(20)5-6-15(21)19-8-13(18)9-1-2-9;/h3-4,7,9,13H,1-2,5-6,8,18H2,(H,19,21);1H. The Labute approximate surface area is 133 Å². The molecule has 1 aromatic rings. The van der Waals surface area contributed by atoms with Gasteiger partial charge in [-0.25, -0.2) is 8.78 Å². The van der Waals surface area contributed by atoms with Crippen LogP contribution in [0.1, 0.15) is 36.0 Å². The summed E-state index contributed by atoms with van der Waals surface area (Å²) >= 11 is 0. The van der Waals surface area contributed by atoms with Crippen molar-refractivity contribution in [2.24, 2.45) is 11.7 Å². The van der Waals surface area contributed by atoms with Gasteiger partial charge < -0.3 is 11.1 Å². The molecule has 0 saturated heterocycles. The largest absolute Gasteiger partial charge is 0.355 e. The fourth-order valence-electron chi connectivity index (χ4n) is 2.09. The van der Waals surface area contributed by atoms with Crippen LogP contribution >= 0.6 is 12.4 Å². The van der Waals surface area contributed by atoms with Crippen molar-refractivity contribution in [3.05, 3.63) is 35.4 Å². The van der Waals surface area contributed by atoms with Gasteiger partial charge in [0.15, 0.2) is 5.78 Å². The summed E-state index contributed by atoms with van der Waals surface area (Å²) in [5.74, 6) is -1.97. The summed E-state index contributed by atoms with van der Waals surface area (Å²) in [6.07, 6.45) is 2.04. The topological polar surface area (TPSA) is 72.2 Å². The van der Waals surface area contributed by atoms with Crippen molar-refractivity contribution in [1.82, 2.24) is 5.32 Å². The van der Waals surface area contributed by atoms with E-state index >= 15 is 0 Å². The number of rotatable bonds is 7. The number of halogens is 3. The lowest BCUT2D eigenvalue weighted by atomic mass is 10.1. The average molecular weight is 333 g/mol. The van der Waals surface area contributed by atoms with Gasteiger partial charge in [-0.05, 0) is 30.9 Å². The maximum atomic E-state index is 13.4. The van der Waals surface area contributed by atoms with Gasteiger partial charge in [-0.2, -0.15) is 0 Å². The van der Waals surface area contributed by atoms with Crippen molar-refractivity contribution in [3.63, 3.8) is 0 Å². The van der Waals surface area contributed by atoms with E-state index in [4.69, 9.17) is 5.73 Å². The highest BCUT2D eigenvalue weighted by molar-refractivity contribution is 5.98. The highest BCUT2D eigenvalue weighted by Gasteiger charge is 2.28. The number of hydrogen-bond donors (Lipinski definition) is 2.